The van der Waals surface area contributed by atoms with Crippen LogP contribution in [0.5, 0.6) is 0 Å². The number of rotatable bonds is 22. The Labute approximate surface area is 599 Å². The van der Waals surface area contributed by atoms with Gasteiger partial charge in [-0.05, 0) is 168 Å². The first-order chi connectivity index (χ1) is 47.0. The van der Waals surface area contributed by atoms with Gasteiger partial charge < -0.3 is 32.9 Å². The first kappa shape index (κ1) is 77.2. The van der Waals surface area contributed by atoms with Crippen LogP contribution in [-0.2, 0) is 64.1 Å². The number of aromatic nitrogens is 4. The van der Waals surface area contributed by atoms with Crippen molar-refractivity contribution in [3.63, 3.8) is 0 Å². The molecule has 4 aromatic heterocycles. The molecule has 3 N–H and O–H groups in total. The SMILES string of the molecule is Cc1cc(Cl)cc(Cl)c1S(=O)(=O)NC(CCn1cccc1C#N)C(=O)N1CCC(C)CC1.Cc1cc(S(=O)(=O)NC(CCn2cccc2C#N)C(=O)N2CCC(C)CC2)c(Cl)cc1Cl.Cc1onc(-c2ccccc2)c1S(=O)(=O)NC(CCn1cccc1C#N)C(=O)N1CCC(C)CC1. The zero-order valence-corrected chi connectivity index (χ0v) is 61.3. The molecule has 3 atom stereocenters. The summed E-state index contributed by atoms with van der Waals surface area (Å²) >= 11 is 24.4. The lowest BCUT2D eigenvalue weighted by atomic mass is 9.98. The third-order valence-corrected chi connectivity index (χ3v) is 24.2. The average molecular weight is 1490 g/mol. The van der Waals surface area contributed by atoms with Crippen LogP contribution in [0, 0.1) is 72.5 Å². The maximum atomic E-state index is 13.6. The van der Waals surface area contributed by atoms with E-state index in [1.807, 2.05) is 6.07 Å². The Balaban J connectivity index is 0.000000189. The number of likely N-dealkylation sites (tertiary alicyclic amines) is 3. The lowest BCUT2D eigenvalue weighted by Gasteiger charge is -2.33. The summed E-state index contributed by atoms with van der Waals surface area (Å²) in [5.74, 6) is 0.932. The fourth-order valence-corrected chi connectivity index (χ4v) is 18.1. The van der Waals surface area contributed by atoms with E-state index in [0.717, 1.165) is 38.5 Å². The third-order valence-electron chi connectivity index (χ3n) is 18.0. The molecule has 3 aromatic carbocycles. The number of nitrogens with one attached hydrogen (secondary N) is 3. The standard InChI is InChI=1S/C25H29N5O4S.2C22H26Cl2N4O3S/c1-18-10-14-30(15-11-18)25(31)22(12-16-29-13-6-9-21(29)17-26)28-35(32,33)24-19(2)34-27-23(24)20-7-4-3-5-8-20;1-15-5-9-28(10-6-15)22(29)20(7-11-27-8-3-4-18(27)14-25)26-32(30,31)21-16(2)12-17(23)13-19(21)24;1-15-5-9-28(10-6-15)22(29)20(7-11-27-8-3-4-17(27)14-25)26-32(30,31)21-12-16(2)18(23)13-19(21)24/h3-9,13,18,22,28H,10-12,14-16H2,1-2H3;2*3-4,8,12-13,15,20,26H,5-7,9-11H2,1-2H3. The zero-order valence-electron chi connectivity index (χ0n) is 55.9. The van der Waals surface area contributed by atoms with E-state index in [9.17, 15) is 55.4 Å². The molecule has 7 heterocycles. The van der Waals surface area contributed by atoms with Gasteiger partial charge in [0.2, 0.25) is 47.8 Å². The van der Waals surface area contributed by atoms with Gasteiger partial charge >= 0.3 is 0 Å². The van der Waals surface area contributed by atoms with Gasteiger partial charge in [0.05, 0.1) is 10.0 Å². The van der Waals surface area contributed by atoms with E-state index >= 15 is 0 Å². The monoisotopic (exact) mass is 1490 g/mol. The van der Waals surface area contributed by atoms with Gasteiger partial charge in [0, 0.05) is 93.1 Å². The second kappa shape index (κ2) is 34.7. The summed E-state index contributed by atoms with van der Waals surface area (Å²) < 4.78 is 98.2. The van der Waals surface area contributed by atoms with Gasteiger partial charge in [0.25, 0.3) is 0 Å². The van der Waals surface area contributed by atoms with E-state index < -0.39 is 48.2 Å². The summed E-state index contributed by atoms with van der Waals surface area (Å²) in [7, 11) is -12.3. The average Bonchev–Trinajstić information content (AvgIpc) is 1.77. The molecule has 10 rings (SSSR count). The van der Waals surface area contributed by atoms with E-state index in [-0.39, 0.29) is 73.2 Å². The lowest BCUT2D eigenvalue weighted by molar-refractivity contribution is -0.135. The van der Waals surface area contributed by atoms with Crippen LogP contribution in [0.25, 0.3) is 11.3 Å². The van der Waals surface area contributed by atoms with Crippen molar-refractivity contribution in [2.75, 3.05) is 39.3 Å². The number of hydrogen-bond acceptors (Lipinski definition) is 14. The van der Waals surface area contributed by atoms with Crippen LogP contribution >= 0.6 is 46.4 Å². The molecule has 528 valence electrons. The molecular formula is C69H81Cl4N13O10S3. The lowest BCUT2D eigenvalue weighted by Crippen LogP contribution is -2.51. The van der Waals surface area contributed by atoms with E-state index in [1.165, 1.54) is 31.2 Å². The molecule has 99 heavy (non-hydrogen) atoms. The van der Waals surface area contributed by atoms with Crippen LogP contribution in [0.15, 0.2) is 129 Å². The van der Waals surface area contributed by atoms with E-state index in [1.54, 1.807) is 122 Å². The fourth-order valence-electron chi connectivity index (χ4n) is 12.1. The first-order valence-electron chi connectivity index (χ1n) is 32.6. The molecule has 0 aliphatic carbocycles. The van der Waals surface area contributed by atoms with Crippen molar-refractivity contribution in [1.29, 1.82) is 15.8 Å². The van der Waals surface area contributed by atoms with Crippen LogP contribution in [0.1, 0.15) is 113 Å². The van der Waals surface area contributed by atoms with Crippen LogP contribution in [-0.4, -0.2) is 134 Å². The number of nitrogens with zero attached hydrogens (tertiary/aromatic N) is 10. The number of carbonyl (C=O) groups is 3. The summed E-state index contributed by atoms with van der Waals surface area (Å²) in [6.07, 6.45) is 11.1. The van der Waals surface area contributed by atoms with Gasteiger partial charge in [0.15, 0.2) is 10.7 Å². The molecule has 0 bridgehead atoms. The maximum Gasteiger partial charge on any atom is 0.247 e. The molecule has 3 aliphatic rings. The Morgan fingerprint density at radius 1 is 0.505 bits per heavy atom. The number of nitriles is 3. The number of halogens is 4. The van der Waals surface area contributed by atoms with Gasteiger partial charge in [-0.2, -0.15) is 30.0 Å². The molecule has 0 saturated carbocycles. The predicted molar refractivity (Wildman–Crippen MR) is 378 cm³/mol. The summed E-state index contributed by atoms with van der Waals surface area (Å²) in [5.41, 5.74) is 3.10. The Morgan fingerprint density at radius 2 is 0.889 bits per heavy atom. The fraction of sp³-hybridized carbons (Fsp3) is 0.435. The molecule has 7 aromatic rings. The minimum atomic E-state index is -4.15. The van der Waals surface area contributed by atoms with Crippen molar-refractivity contribution in [3.8, 4) is 29.5 Å². The molecule has 0 radical (unpaired) electrons. The number of aryl methyl sites for hydroxylation is 6. The van der Waals surface area contributed by atoms with Crippen LogP contribution in [0.3, 0.4) is 0 Å². The van der Waals surface area contributed by atoms with Crippen LogP contribution < -0.4 is 14.2 Å². The van der Waals surface area contributed by atoms with E-state index in [4.69, 9.17) is 50.9 Å². The summed E-state index contributed by atoms with van der Waals surface area (Å²) in [4.78, 5) is 45.0. The molecule has 3 amide bonds. The normalized spacial score (nSPS) is 15.9. The number of amides is 3. The van der Waals surface area contributed by atoms with Crippen LogP contribution in [0.2, 0.25) is 20.1 Å². The van der Waals surface area contributed by atoms with Crippen molar-refractivity contribution in [2.24, 2.45) is 17.8 Å². The summed E-state index contributed by atoms with van der Waals surface area (Å²) in [6, 6.07) is 28.1. The largest absolute Gasteiger partial charge is 0.360 e. The number of piperidine rings is 3. The molecular weight excluding hydrogens is 1410 g/mol. The predicted octanol–water partition coefficient (Wildman–Crippen LogP) is 11.3. The highest BCUT2D eigenvalue weighted by molar-refractivity contribution is 7.90. The van der Waals surface area contributed by atoms with Gasteiger partial charge in [-0.15, -0.1) is 0 Å². The Hall–Kier alpha value is -7.52. The Morgan fingerprint density at radius 3 is 1.27 bits per heavy atom. The summed E-state index contributed by atoms with van der Waals surface area (Å²) in [6.45, 7) is 15.7. The maximum absolute atomic E-state index is 13.6. The summed E-state index contributed by atoms with van der Waals surface area (Å²) in [5, 5.41) is 32.5. The van der Waals surface area contributed by atoms with Crippen LogP contribution in [0.4, 0.5) is 0 Å². The van der Waals surface area contributed by atoms with Crippen molar-refractivity contribution in [1.82, 2.24) is 47.7 Å². The van der Waals surface area contributed by atoms with E-state index in [2.05, 4.69) is 58.3 Å². The van der Waals surface area contributed by atoms with Crippen molar-refractivity contribution in [2.45, 2.75) is 152 Å². The molecule has 23 nitrogen and oxygen atoms in total. The number of hydrogen-bond donors (Lipinski definition) is 3. The second-order valence-electron chi connectivity index (χ2n) is 25.4. The topological polar surface area (TPSA) is 312 Å². The molecule has 3 unspecified atom stereocenters. The molecule has 0 spiro atoms. The minimum Gasteiger partial charge on any atom is -0.360 e. The number of benzene rings is 3. The number of sulfonamides is 3. The highest BCUT2D eigenvalue weighted by Crippen LogP contribution is 2.33. The van der Waals surface area contributed by atoms with Crippen molar-refractivity contribution >= 4 is 94.2 Å². The highest BCUT2D eigenvalue weighted by atomic mass is 35.5. The van der Waals surface area contributed by atoms with Gasteiger partial charge in [-0.25, -0.2) is 25.3 Å². The smallest absolute Gasteiger partial charge is 0.247 e. The Bertz CT molecular complexity index is 4450. The number of carbonyl (C=O) groups excluding carboxylic acids is 3. The molecule has 30 heteroatoms. The second-order valence-corrected chi connectivity index (χ2v) is 32.0. The van der Waals surface area contributed by atoms with Gasteiger partial charge in [-0.1, -0.05) is 103 Å². The highest BCUT2D eigenvalue weighted by Gasteiger charge is 2.37. The molecule has 3 saturated heterocycles. The van der Waals surface area contributed by atoms with Crippen molar-refractivity contribution in [3.05, 3.63) is 164 Å². The Kier molecular flexibility index (Phi) is 27.1. The van der Waals surface area contributed by atoms with Gasteiger partial charge in [0.1, 0.15) is 68.9 Å². The third kappa shape index (κ3) is 20.2. The van der Waals surface area contributed by atoms with Crippen molar-refractivity contribution < 1.29 is 44.2 Å². The quantitative estimate of drug-likeness (QED) is 0.0568. The molecule has 3 fully saturated rings. The van der Waals surface area contributed by atoms with E-state index in [0.29, 0.717) is 120 Å². The minimum absolute atomic E-state index is 0.00215. The first-order valence-corrected chi connectivity index (χ1v) is 38.5. The van der Waals surface area contributed by atoms with Gasteiger partial charge in [-0.3, -0.25) is 14.4 Å². The zero-order chi connectivity index (χ0) is 71.9. The molecule has 3 aliphatic heterocycles.